The molecule has 0 spiro atoms. The Hall–Kier alpha value is -2.62. The van der Waals surface area contributed by atoms with E-state index < -0.39 is 0 Å². The second-order valence-electron chi connectivity index (χ2n) is 6.16. The van der Waals surface area contributed by atoms with Crippen LogP contribution in [0, 0.1) is 0 Å². The fourth-order valence-electron chi connectivity index (χ4n) is 2.49. The lowest BCUT2D eigenvalue weighted by molar-refractivity contribution is 0.0944. The molecule has 3 rings (SSSR count). The summed E-state index contributed by atoms with van der Waals surface area (Å²) < 4.78 is 0. The molecule has 1 aliphatic carbocycles. The molecule has 4 nitrogen and oxygen atoms in total. The summed E-state index contributed by atoms with van der Waals surface area (Å²) in [6, 6.07) is 15.4. The van der Waals surface area contributed by atoms with Gasteiger partial charge in [-0.25, -0.2) is 0 Å². The van der Waals surface area contributed by atoms with Crippen molar-refractivity contribution in [3.05, 3.63) is 59.7 Å². The van der Waals surface area contributed by atoms with Crippen LogP contribution in [0.1, 0.15) is 46.9 Å². The van der Waals surface area contributed by atoms with Crippen LogP contribution in [0.3, 0.4) is 0 Å². The van der Waals surface area contributed by atoms with Crippen LogP contribution in [-0.4, -0.2) is 24.4 Å². The van der Waals surface area contributed by atoms with Gasteiger partial charge in [0.25, 0.3) is 11.8 Å². The predicted molar refractivity (Wildman–Crippen MR) is 95.0 cm³/mol. The van der Waals surface area contributed by atoms with Crippen molar-refractivity contribution in [3.8, 4) is 11.1 Å². The lowest BCUT2D eigenvalue weighted by Gasteiger charge is -2.08. The Bertz CT molecular complexity index is 734. The molecule has 0 aromatic heterocycles. The van der Waals surface area contributed by atoms with E-state index in [1.165, 1.54) is 0 Å². The van der Waals surface area contributed by atoms with E-state index in [4.69, 9.17) is 0 Å². The summed E-state index contributed by atoms with van der Waals surface area (Å²) in [5.74, 6) is -0.0733. The summed E-state index contributed by atoms with van der Waals surface area (Å²) in [6.45, 7) is 2.70. The van der Waals surface area contributed by atoms with Gasteiger partial charge in [0.15, 0.2) is 0 Å². The number of nitrogens with one attached hydrogen (secondary N) is 2. The van der Waals surface area contributed by atoms with Crippen molar-refractivity contribution in [2.45, 2.75) is 32.2 Å². The van der Waals surface area contributed by atoms with Crippen molar-refractivity contribution < 1.29 is 9.59 Å². The van der Waals surface area contributed by atoms with Crippen LogP contribution in [0.25, 0.3) is 11.1 Å². The van der Waals surface area contributed by atoms with E-state index in [1.807, 2.05) is 55.5 Å². The highest BCUT2D eigenvalue weighted by molar-refractivity contribution is 5.96. The largest absolute Gasteiger partial charge is 0.352 e. The number of benzene rings is 2. The number of hydrogen-bond donors (Lipinski definition) is 2. The van der Waals surface area contributed by atoms with E-state index >= 15 is 0 Å². The zero-order valence-electron chi connectivity index (χ0n) is 13.8. The van der Waals surface area contributed by atoms with Gasteiger partial charge in [0.2, 0.25) is 0 Å². The van der Waals surface area contributed by atoms with Gasteiger partial charge >= 0.3 is 0 Å². The third-order valence-corrected chi connectivity index (χ3v) is 4.05. The minimum Gasteiger partial charge on any atom is -0.352 e. The Morgan fingerprint density at radius 3 is 2.38 bits per heavy atom. The maximum absolute atomic E-state index is 12.1. The van der Waals surface area contributed by atoms with Crippen LogP contribution in [0.5, 0.6) is 0 Å². The number of rotatable bonds is 6. The normalized spacial score (nSPS) is 13.4. The van der Waals surface area contributed by atoms with Crippen LogP contribution in [0.15, 0.2) is 48.5 Å². The average molecular weight is 322 g/mol. The third-order valence-electron chi connectivity index (χ3n) is 4.05. The zero-order valence-corrected chi connectivity index (χ0v) is 13.8. The maximum Gasteiger partial charge on any atom is 0.251 e. The van der Waals surface area contributed by atoms with Gasteiger partial charge in [-0.05, 0) is 54.7 Å². The Morgan fingerprint density at radius 1 is 0.958 bits per heavy atom. The Labute approximate surface area is 142 Å². The van der Waals surface area contributed by atoms with Crippen molar-refractivity contribution in [1.82, 2.24) is 10.6 Å². The molecule has 0 unspecified atom stereocenters. The van der Waals surface area contributed by atoms with E-state index in [0.717, 1.165) is 30.4 Å². The van der Waals surface area contributed by atoms with Gasteiger partial charge in [0.1, 0.15) is 0 Å². The molecule has 1 fully saturated rings. The summed E-state index contributed by atoms with van der Waals surface area (Å²) in [4.78, 5) is 24.1. The van der Waals surface area contributed by atoms with E-state index in [-0.39, 0.29) is 11.8 Å². The molecular weight excluding hydrogens is 300 g/mol. The lowest BCUT2D eigenvalue weighted by Crippen LogP contribution is -2.25. The number of amides is 2. The van der Waals surface area contributed by atoms with Gasteiger partial charge in [-0.1, -0.05) is 31.2 Å². The first-order valence-corrected chi connectivity index (χ1v) is 8.47. The molecule has 0 atom stereocenters. The number of carbonyl (C=O) groups excluding carboxylic acids is 2. The monoisotopic (exact) mass is 322 g/mol. The van der Waals surface area contributed by atoms with Gasteiger partial charge in [0.05, 0.1) is 0 Å². The molecule has 2 amide bonds. The summed E-state index contributed by atoms with van der Waals surface area (Å²) >= 11 is 0. The Kier molecular flexibility index (Phi) is 4.94. The van der Waals surface area contributed by atoms with Crippen molar-refractivity contribution >= 4 is 11.8 Å². The molecule has 2 aromatic rings. The van der Waals surface area contributed by atoms with Crippen LogP contribution < -0.4 is 10.6 Å². The highest BCUT2D eigenvalue weighted by Crippen LogP contribution is 2.22. The number of carbonyl (C=O) groups is 2. The molecule has 2 N–H and O–H groups in total. The van der Waals surface area contributed by atoms with Crippen LogP contribution in [0.4, 0.5) is 0 Å². The smallest absolute Gasteiger partial charge is 0.251 e. The van der Waals surface area contributed by atoms with E-state index in [2.05, 4.69) is 10.6 Å². The van der Waals surface area contributed by atoms with Crippen molar-refractivity contribution in [3.63, 3.8) is 0 Å². The summed E-state index contributed by atoms with van der Waals surface area (Å²) in [7, 11) is 0. The highest BCUT2D eigenvalue weighted by Gasteiger charge is 2.23. The third kappa shape index (κ3) is 4.02. The van der Waals surface area contributed by atoms with Crippen molar-refractivity contribution in [2.24, 2.45) is 0 Å². The Morgan fingerprint density at radius 2 is 1.71 bits per heavy atom. The first-order valence-electron chi connectivity index (χ1n) is 8.47. The molecule has 4 heteroatoms. The topological polar surface area (TPSA) is 58.2 Å². The van der Waals surface area contributed by atoms with Crippen LogP contribution >= 0.6 is 0 Å². The molecule has 0 saturated heterocycles. The van der Waals surface area contributed by atoms with Gasteiger partial charge in [-0.15, -0.1) is 0 Å². The van der Waals surface area contributed by atoms with E-state index in [1.54, 1.807) is 0 Å². The lowest BCUT2D eigenvalue weighted by atomic mass is 10.0. The minimum atomic E-state index is -0.0564. The molecule has 1 saturated carbocycles. The molecule has 0 radical (unpaired) electrons. The molecule has 0 aliphatic heterocycles. The standard InChI is InChI=1S/C20H22N2O2/c1-2-12-21-19(23)17-5-3-4-16(13-17)14-6-8-15(9-7-14)20(24)22-18-10-11-18/h3-9,13,18H,2,10-12H2,1H3,(H,21,23)(H,22,24). The van der Waals surface area contributed by atoms with Gasteiger partial charge in [0, 0.05) is 23.7 Å². The van der Waals surface area contributed by atoms with Gasteiger partial charge in [-0.2, -0.15) is 0 Å². The maximum atomic E-state index is 12.1. The van der Waals surface area contributed by atoms with Gasteiger partial charge in [-0.3, -0.25) is 9.59 Å². The molecule has 124 valence electrons. The zero-order chi connectivity index (χ0) is 16.9. The molecule has 2 aromatic carbocycles. The molecule has 0 heterocycles. The molecule has 1 aliphatic rings. The number of hydrogen-bond acceptors (Lipinski definition) is 2. The van der Waals surface area contributed by atoms with E-state index in [0.29, 0.717) is 23.7 Å². The predicted octanol–water partition coefficient (Wildman–Crippen LogP) is 3.39. The quantitative estimate of drug-likeness (QED) is 0.856. The fraction of sp³-hybridized carbons (Fsp3) is 0.300. The highest BCUT2D eigenvalue weighted by atomic mass is 16.2. The first kappa shape index (κ1) is 16.2. The van der Waals surface area contributed by atoms with Crippen molar-refractivity contribution in [2.75, 3.05) is 6.54 Å². The average Bonchev–Trinajstić information content (AvgIpc) is 3.44. The summed E-state index contributed by atoms with van der Waals surface area (Å²) in [5.41, 5.74) is 3.27. The van der Waals surface area contributed by atoms with Crippen molar-refractivity contribution in [1.29, 1.82) is 0 Å². The second-order valence-corrected chi connectivity index (χ2v) is 6.16. The Balaban J connectivity index is 1.73. The molecular formula is C20H22N2O2. The van der Waals surface area contributed by atoms with E-state index in [9.17, 15) is 9.59 Å². The fourth-order valence-corrected chi connectivity index (χ4v) is 2.49. The second kappa shape index (κ2) is 7.30. The summed E-state index contributed by atoms with van der Waals surface area (Å²) in [5, 5.41) is 5.86. The first-order chi connectivity index (χ1) is 11.7. The SMILES string of the molecule is CCCNC(=O)c1cccc(-c2ccc(C(=O)NC3CC3)cc2)c1. The molecule has 0 bridgehead atoms. The van der Waals surface area contributed by atoms with Crippen LogP contribution in [0.2, 0.25) is 0 Å². The van der Waals surface area contributed by atoms with Crippen LogP contribution in [-0.2, 0) is 0 Å². The summed E-state index contributed by atoms with van der Waals surface area (Å²) in [6.07, 6.45) is 3.07. The minimum absolute atomic E-state index is 0.0169. The molecule has 24 heavy (non-hydrogen) atoms. The van der Waals surface area contributed by atoms with Gasteiger partial charge < -0.3 is 10.6 Å².